The van der Waals surface area contributed by atoms with Gasteiger partial charge in [0.1, 0.15) is 0 Å². The van der Waals surface area contributed by atoms with Gasteiger partial charge in [-0.05, 0) is 42.5 Å². The Morgan fingerprint density at radius 2 is 2.09 bits per heavy atom. The van der Waals surface area contributed by atoms with Crippen molar-refractivity contribution in [2.45, 2.75) is 37.1 Å². The number of hydrogen-bond donors (Lipinski definition) is 1. The van der Waals surface area contributed by atoms with Gasteiger partial charge < -0.3 is 9.84 Å². The predicted octanol–water partition coefficient (Wildman–Crippen LogP) is 1.29. The maximum absolute atomic E-state index is 12.9. The lowest BCUT2D eigenvalue weighted by atomic mass is 10.1. The van der Waals surface area contributed by atoms with E-state index in [1.165, 1.54) is 4.31 Å². The Morgan fingerprint density at radius 3 is 2.78 bits per heavy atom. The number of carboxylic acid groups (broad SMARTS) is 1. The largest absolute Gasteiger partial charge is 0.481 e. The highest BCUT2D eigenvalue weighted by Crippen LogP contribution is 2.31. The third kappa shape index (κ3) is 3.00. The van der Waals surface area contributed by atoms with E-state index < -0.39 is 21.9 Å². The zero-order chi connectivity index (χ0) is 16.6. The highest BCUT2D eigenvalue weighted by molar-refractivity contribution is 7.89. The Balaban J connectivity index is 1.90. The average molecular weight is 339 g/mol. The van der Waals surface area contributed by atoms with Crippen molar-refractivity contribution in [2.24, 2.45) is 5.92 Å². The molecule has 2 atom stereocenters. The summed E-state index contributed by atoms with van der Waals surface area (Å²) < 4.78 is 32.7. The number of fused-ring (bicyclic) bond motifs is 1. The van der Waals surface area contributed by atoms with E-state index >= 15 is 0 Å². The summed E-state index contributed by atoms with van der Waals surface area (Å²) in [7, 11) is -3.58. The summed E-state index contributed by atoms with van der Waals surface area (Å²) in [5.41, 5.74) is 1.77. The smallest absolute Gasteiger partial charge is 0.307 e. The number of morpholine rings is 1. The second-order valence-corrected chi connectivity index (χ2v) is 8.02. The minimum atomic E-state index is -3.58. The van der Waals surface area contributed by atoms with Crippen molar-refractivity contribution in [3.05, 3.63) is 29.3 Å². The van der Waals surface area contributed by atoms with Crippen molar-refractivity contribution >= 4 is 16.0 Å². The van der Waals surface area contributed by atoms with Crippen molar-refractivity contribution in [3.63, 3.8) is 0 Å². The fourth-order valence-corrected chi connectivity index (χ4v) is 5.06. The molecular weight excluding hydrogens is 318 g/mol. The van der Waals surface area contributed by atoms with E-state index in [9.17, 15) is 13.2 Å². The van der Waals surface area contributed by atoms with Crippen LogP contribution in [0.25, 0.3) is 0 Å². The van der Waals surface area contributed by atoms with Gasteiger partial charge in [-0.2, -0.15) is 4.31 Å². The van der Waals surface area contributed by atoms with Crippen LogP contribution in [0.15, 0.2) is 23.1 Å². The summed E-state index contributed by atoms with van der Waals surface area (Å²) in [5, 5.41) is 9.14. The lowest BCUT2D eigenvalue weighted by molar-refractivity contribution is -0.141. The van der Waals surface area contributed by atoms with Crippen LogP contribution < -0.4 is 0 Å². The second kappa shape index (κ2) is 6.22. The van der Waals surface area contributed by atoms with Crippen LogP contribution in [0, 0.1) is 5.92 Å². The number of rotatable bonds is 4. The normalized spacial score (nSPS) is 25.3. The number of benzene rings is 1. The fraction of sp³-hybridized carbons (Fsp3) is 0.562. The molecule has 0 spiro atoms. The van der Waals surface area contributed by atoms with Gasteiger partial charge in [0, 0.05) is 12.6 Å². The van der Waals surface area contributed by atoms with E-state index in [-0.39, 0.29) is 10.9 Å². The van der Waals surface area contributed by atoms with Gasteiger partial charge in [-0.3, -0.25) is 4.79 Å². The van der Waals surface area contributed by atoms with Crippen molar-refractivity contribution in [1.29, 1.82) is 0 Å². The molecule has 1 fully saturated rings. The zero-order valence-corrected chi connectivity index (χ0v) is 13.9. The molecule has 0 bridgehead atoms. The van der Waals surface area contributed by atoms with Crippen molar-refractivity contribution in [2.75, 3.05) is 19.8 Å². The highest BCUT2D eigenvalue weighted by Gasteiger charge is 2.34. The molecule has 1 aromatic carbocycles. The first-order chi connectivity index (χ1) is 10.9. The number of carbonyl (C=O) groups is 1. The van der Waals surface area contributed by atoms with Crippen LogP contribution in [0.5, 0.6) is 0 Å². The molecule has 7 heteroatoms. The Hall–Kier alpha value is -1.44. The molecule has 1 unspecified atom stereocenters. The maximum atomic E-state index is 12.9. The lowest BCUT2D eigenvalue weighted by Crippen LogP contribution is -2.48. The highest BCUT2D eigenvalue weighted by atomic mass is 32.2. The number of carboxylic acids is 1. The molecule has 1 aliphatic heterocycles. The molecule has 0 radical (unpaired) electrons. The number of aliphatic carboxylic acids is 1. The Labute approximate surface area is 136 Å². The van der Waals surface area contributed by atoms with Gasteiger partial charge in [0.05, 0.1) is 24.0 Å². The van der Waals surface area contributed by atoms with E-state index in [0.717, 1.165) is 11.1 Å². The van der Waals surface area contributed by atoms with Gasteiger partial charge in [-0.15, -0.1) is 0 Å². The van der Waals surface area contributed by atoms with Gasteiger partial charge in [-0.1, -0.05) is 13.0 Å². The summed E-state index contributed by atoms with van der Waals surface area (Å²) in [6.07, 6.45) is 1.57. The van der Waals surface area contributed by atoms with Crippen LogP contribution in [0.2, 0.25) is 0 Å². The molecule has 3 rings (SSSR count). The van der Waals surface area contributed by atoms with Gasteiger partial charge in [0.2, 0.25) is 10.0 Å². The fourth-order valence-electron chi connectivity index (χ4n) is 3.34. The molecule has 126 valence electrons. The van der Waals surface area contributed by atoms with Crippen LogP contribution in [-0.4, -0.2) is 49.6 Å². The lowest BCUT2D eigenvalue weighted by Gasteiger charge is -2.34. The standard InChI is InChI=1S/C16H21NO5S/c1-2-14-10-22-6-5-17(14)23(20,21)15-4-3-11-7-13(16(18)19)8-12(11)9-15/h3-4,9,13-14H,2,5-8,10H2,1H3,(H,18,19)/t13?,14-/m1/s1. The second-order valence-electron chi connectivity index (χ2n) is 6.13. The van der Waals surface area contributed by atoms with Crippen molar-refractivity contribution in [3.8, 4) is 0 Å². The molecule has 23 heavy (non-hydrogen) atoms. The average Bonchev–Trinajstić information content (AvgIpc) is 2.98. The van der Waals surface area contributed by atoms with E-state index in [2.05, 4.69) is 0 Å². The van der Waals surface area contributed by atoms with Gasteiger partial charge in [0.15, 0.2) is 0 Å². The third-order valence-corrected chi connectivity index (χ3v) is 6.66. The Morgan fingerprint density at radius 1 is 1.35 bits per heavy atom. The molecule has 1 aliphatic carbocycles. The Kier molecular flexibility index (Phi) is 4.44. The number of sulfonamides is 1. The van der Waals surface area contributed by atoms with Crippen LogP contribution in [0.1, 0.15) is 24.5 Å². The van der Waals surface area contributed by atoms with Crippen LogP contribution in [0.3, 0.4) is 0 Å². The molecule has 1 aromatic rings. The molecular formula is C16H21NO5S. The van der Waals surface area contributed by atoms with E-state index in [1.54, 1.807) is 18.2 Å². The summed E-state index contributed by atoms with van der Waals surface area (Å²) in [6, 6.07) is 4.86. The molecule has 1 heterocycles. The van der Waals surface area contributed by atoms with Gasteiger partial charge in [-0.25, -0.2) is 8.42 Å². The first-order valence-corrected chi connectivity index (χ1v) is 9.31. The van der Waals surface area contributed by atoms with E-state index in [4.69, 9.17) is 9.84 Å². The molecule has 1 N–H and O–H groups in total. The first-order valence-electron chi connectivity index (χ1n) is 7.87. The molecule has 2 aliphatic rings. The minimum absolute atomic E-state index is 0.145. The monoisotopic (exact) mass is 339 g/mol. The third-order valence-electron chi connectivity index (χ3n) is 4.71. The number of nitrogens with zero attached hydrogens (tertiary/aromatic N) is 1. The van der Waals surface area contributed by atoms with Crippen molar-refractivity contribution in [1.82, 2.24) is 4.31 Å². The summed E-state index contributed by atoms with van der Waals surface area (Å²) in [6.45, 7) is 3.13. The summed E-state index contributed by atoms with van der Waals surface area (Å²) in [5.74, 6) is -1.28. The quantitative estimate of drug-likeness (QED) is 0.893. The first kappa shape index (κ1) is 16.4. The predicted molar refractivity (Wildman–Crippen MR) is 83.8 cm³/mol. The van der Waals surface area contributed by atoms with Gasteiger partial charge >= 0.3 is 5.97 Å². The van der Waals surface area contributed by atoms with Crippen LogP contribution in [0.4, 0.5) is 0 Å². The van der Waals surface area contributed by atoms with Crippen LogP contribution in [-0.2, 0) is 32.4 Å². The molecule has 6 nitrogen and oxygen atoms in total. The molecule has 1 saturated heterocycles. The molecule has 0 aromatic heterocycles. The molecule has 0 saturated carbocycles. The summed E-state index contributed by atoms with van der Waals surface area (Å²) in [4.78, 5) is 11.4. The van der Waals surface area contributed by atoms with E-state index in [1.807, 2.05) is 6.92 Å². The summed E-state index contributed by atoms with van der Waals surface area (Å²) >= 11 is 0. The van der Waals surface area contributed by atoms with E-state index in [0.29, 0.717) is 39.0 Å². The van der Waals surface area contributed by atoms with Gasteiger partial charge in [0.25, 0.3) is 0 Å². The molecule has 0 amide bonds. The zero-order valence-electron chi connectivity index (χ0n) is 13.1. The minimum Gasteiger partial charge on any atom is -0.481 e. The maximum Gasteiger partial charge on any atom is 0.307 e. The SMILES string of the molecule is CC[C@@H]1COCCN1S(=O)(=O)c1ccc2c(c1)CC(C(=O)O)C2. The topological polar surface area (TPSA) is 83.9 Å². The number of ether oxygens (including phenoxy) is 1. The van der Waals surface area contributed by atoms with Crippen LogP contribution >= 0.6 is 0 Å². The Bertz CT molecular complexity index is 715. The number of hydrogen-bond acceptors (Lipinski definition) is 4. The van der Waals surface area contributed by atoms with Crippen molar-refractivity contribution < 1.29 is 23.1 Å².